The van der Waals surface area contributed by atoms with Crippen LogP contribution in [0, 0.1) is 0 Å². The van der Waals surface area contributed by atoms with Crippen molar-refractivity contribution < 1.29 is 93.0 Å². The SMILES string of the molecule is CCCCC.[B]C1CC(OP(=O)(O)OCC2OC(=O)CC2OP(=O)(O)OCC2OC([B])CC2OP(=O)(O)OC(CC)CC)C(COP(=O)(O)OC)O1. The summed E-state index contributed by atoms with van der Waals surface area (Å²) >= 11 is 0. The molecule has 0 aromatic carbocycles. The summed E-state index contributed by atoms with van der Waals surface area (Å²) in [6, 6.07) is -1.94. The fourth-order valence-corrected chi connectivity index (χ4v) is 8.62. The number of cyclic esters (lactones) is 1. The van der Waals surface area contributed by atoms with Crippen LogP contribution in [-0.2, 0) is 73.5 Å². The zero-order chi connectivity index (χ0) is 39.3. The van der Waals surface area contributed by atoms with Gasteiger partial charge in [-0.3, -0.25) is 41.0 Å². The molecule has 300 valence electrons. The van der Waals surface area contributed by atoms with E-state index < -0.39 is 118 Å². The van der Waals surface area contributed by atoms with Crippen LogP contribution in [0.1, 0.15) is 79.1 Å². The molecule has 0 saturated carbocycles. The van der Waals surface area contributed by atoms with Gasteiger partial charge in [-0.15, -0.1) is 0 Å². The third-order valence-electron chi connectivity index (χ3n) is 7.67. The summed E-state index contributed by atoms with van der Waals surface area (Å²) < 4.78 is 105. The van der Waals surface area contributed by atoms with Crippen molar-refractivity contribution in [1.82, 2.24) is 0 Å². The predicted molar refractivity (Wildman–Crippen MR) is 182 cm³/mol. The number of hydrogen-bond acceptors (Lipinski definition) is 16. The number of carbonyl (C=O) groups is 1. The van der Waals surface area contributed by atoms with Crippen molar-refractivity contribution in [3.63, 3.8) is 0 Å². The maximum absolute atomic E-state index is 12.8. The summed E-state index contributed by atoms with van der Waals surface area (Å²) in [4.78, 5) is 52.1. The molecule has 0 bridgehead atoms. The van der Waals surface area contributed by atoms with E-state index in [0.717, 1.165) is 7.11 Å². The zero-order valence-corrected chi connectivity index (χ0v) is 33.3. The fraction of sp³-hybridized carbons (Fsp3) is 0.962. The van der Waals surface area contributed by atoms with E-state index in [2.05, 4.69) is 18.4 Å². The second kappa shape index (κ2) is 22.0. The van der Waals surface area contributed by atoms with Gasteiger partial charge in [-0.1, -0.05) is 47.0 Å². The molecule has 0 aromatic rings. The largest absolute Gasteiger partial charge is 0.472 e. The van der Waals surface area contributed by atoms with Crippen molar-refractivity contribution >= 4 is 53.0 Å². The third kappa shape index (κ3) is 17.4. The molecule has 3 fully saturated rings. The first kappa shape index (κ1) is 48.1. The van der Waals surface area contributed by atoms with Gasteiger partial charge < -0.3 is 33.8 Å². The molecule has 0 amide bonds. The average Bonchev–Trinajstić information content (AvgIpc) is 3.70. The number of phosphoric ester groups is 4. The minimum atomic E-state index is -5.00. The molecule has 3 aliphatic rings. The van der Waals surface area contributed by atoms with E-state index in [1.165, 1.54) is 19.3 Å². The number of hydrogen-bond donors (Lipinski definition) is 4. The van der Waals surface area contributed by atoms with Gasteiger partial charge in [0, 0.05) is 19.1 Å². The fourth-order valence-electron chi connectivity index (χ4n) is 4.98. The van der Waals surface area contributed by atoms with Crippen molar-refractivity contribution in [2.75, 3.05) is 26.9 Å². The molecular weight excluding hydrogens is 778 g/mol. The summed E-state index contributed by atoms with van der Waals surface area (Å²) in [7, 11) is -6.57. The molecule has 3 saturated heterocycles. The summed E-state index contributed by atoms with van der Waals surface area (Å²) in [5.41, 5.74) is 0. The van der Waals surface area contributed by atoms with Crippen molar-refractivity contribution in [1.29, 1.82) is 0 Å². The smallest absolute Gasteiger partial charge is 0.457 e. The van der Waals surface area contributed by atoms with E-state index in [9.17, 15) is 42.6 Å². The van der Waals surface area contributed by atoms with Crippen LogP contribution >= 0.6 is 31.3 Å². The highest BCUT2D eigenvalue weighted by Gasteiger charge is 2.46. The van der Waals surface area contributed by atoms with E-state index >= 15 is 0 Å². The Bertz CT molecular complexity index is 1290. The van der Waals surface area contributed by atoms with Gasteiger partial charge in [-0.25, -0.2) is 18.3 Å². The Hall–Kier alpha value is -0.0401. The molecule has 52 heavy (non-hydrogen) atoms. The number of unbranched alkanes of at least 4 members (excludes halogenated alkanes) is 2. The number of phosphoric acid groups is 4. The summed E-state index contributed by atoms with van der Waals surface area (Å²) in [5, 5.41) is 0. The maximum atomic E-state index is 12.8. The number of rotatable bonds is 22. The number of esters is 1. The Morgan fingerprint density at radius 3 is 1.54 bits per heavy atom. The second-order valence-corrected chi connectivity index (χ2v) is 17.6. The normalized spacial score (nSPS) is 32.3. The Morgan fingerprint density at radius 2 is 1.12 bits per heavy atom. The first-order chi connectivity index (χ1) is 24.2. The monoisotopic (exact) mass is 828 g/mol. The molecule has 3 rings (SSSR count). The summed E-state index contributed by atoms with van der Waals surface area (Å²) in [5.74, 6) is -0.897. The molecule has 0 aromatic heterocycles. The van der Waals surface area contributed by atoms with Gasteiger partial charge in [0.1, 0.15) is 34.0 Å². The van der Waals surface area contributed by atoms with E-state index in [1.807, 2.05) is 0 Å². The Labute approximate surface area is 306 Å². The van der Waals surface area contributed by atoms with Gasteiger partial charge in [0.25, 0.3) is 0 Å². The van der Waals surface area contributed by atoms with Crippen LogP contribution < -0.4 is 0 Å². The van der Waals surface area contributed by atoms with Crippen LogP contribution in [0.2, 0.25) is 0 Å². The van der Waals surface area contributed by atoms with Crippen LogP contribution in [0.25, 0.3) is 0 Å². The van der Waals surface area contributed by atoms with Crippen molar-refractivity contribution in [2.45, 2.75) is 134 Å². The van der Waals surface area contributed by atoms with Crippen molar-refractivity contribution in [3.05, 3.63) is 0 Å². The van der Waals surface area contributed by atoms with Crippen LogP contribution in [0.4, 0.5) is 0 Å². The van der Waals surface area contributed by atoms with Crippen molar-refractivity contribution in [3.8, 4) is 0 Å². The lowest BCUT2D eigenvalue weighted by Gasteiger charge is -2.25. The lowest BCUT2D eigenvalue weighted by molar-refractivity contribution is -0.143. The van der Waals surface area contributed by atoms with Crippen LogP contribution in [0.5, 0.6) is 0 Å². The van der Waals surface area contributed by atoms with Gasteiger partial charge in [-0.05, 0) is 25.7 Å². The summed E-state index contributed by atoms with van der Waals surface area (Å²) in [6.45, 7) is 5.79. The first-order valence-corrected chi connectivity index (χ1v) is 22.7. The number of ether oxygens (including phenoxy) is 3. The molecule has 12 atom stereocenters. The van der Waals surface area contributed by atoms with Gasteiger partial charge in [-0.2, -0.15) is 0 Å². The molecule has 26 heteroatoms. The number of carbonyl (C=O) groups excluding carboxylic acids is 1. The highest BCUT2D eigenvalue weighted by molar-refractivity contribution is 7.48. The molecule has 3 heterocycles. The topological polar surface area (TPSA) is 268 Å². The van der Waals surface area contributed by atoms with E-state index in [4.69, 9.17) is 61.6 Å². The molecule has 3 aliphatic heterocycles. The van der Waals surface area contributed by atoms with E-state index in [0.29, 0.717) is 12.8 Å². The maximum Gasteiger partial charge on any atom is 0.472 e. The Morgan fingerprint density at radius 1 is 0.692 bits per heavy atom. The highest BCUT2D eigenvalue weighted by Crippen LogP contribution is 2.52. The second-order valence-electron chi connectivity index (χ2n) is 11.9. The molecule has 12 unspecified atom stereocenters. The minimum Gasteiger partial charge on any atom is -0.457 e. The summed E-state index contributed by atoms with van der Waals surface area (Å²) in [6.07, 6.45) is -4.13. The van der Waals surface area contributed by atoms with Crippen LogP contribution in [0.3, 0.4) is 0 Å². The van der Waals surface area contributed by atoms with Crippen LogP contribution in [-0.4, -0.2) is 123 Å². The van der Waals surface area contributed by atoms with Gasteiger partial charge >= 0.3 is 37.3 Å². The van der Waals surface area contributed by atoms with Crippen LogP contribution in [0.15, 0.2) is 0 Å². The Balaban J connectivity index is 0.00000175. The Kier molecular flexibility index (Phi) is 20.4. The van der Waals surface area contributed by atoms with Gasteiger partial charge in [0.2, 0.25) is 0 Å². The molecule has 4 N–H and O–H groups in total. The van der Waals surface area contributed by atoms with E-state index in [-0.39, 0.29) is 12.8 Å². The molecular formula is C26H50B2O20P4. The van der Waals surface area contributed by atoms with Gasteiger partial charge in [0.05, 0.1) is 44.6 Å². The lowest BCUT2D eigenvalue weighted by Crippen LogP contribution is -2.31. The average molecular weight is 828 g/mol. The van der Waals surface area contributed by atoms with Crippen molar-refractivity contribution in [2.24, 2.45) is 0 Å². The zero-order valence-electron chi connectivity index (χ0n) is 29.7. The third-order valence-corrected chi connectivity index (χ3v) is 11.7. The molecule has 20 nitrogen and oxygen atoms in total. The molecule has 0 spiro atoms. The predicted octanol–water partition coefficient (Wildman–Crippen LogP) is 3.52. The molecule has 0 aliphatic carbocycles. The standard InChI is InChI=1S/C21H38B2O20P4.C5H12/c1-4-12(5-2)40-47(31,32)43-14-7-20(23)38-17(14)10-35-46(29,30)42-15-8-21(24)39-18(15)11-36-45(27,28)41-13-6-19(22)37-16(13)9-34-44(25,26)33-3;1-3-5-4-2/h12-20H,4-11H2,1-3H3,(H,25,26)(H,27,28)(H,29,30)(H,31,32);3-5H2,1-2H3. The minimum absolute atomic E-state index is 0.0722. The highest BCUT2D eigenvalue weighted by atomic mass is 31.2. The quantitative estimate of drug-likeness (QED) is 0.0691. The van der Waals surface area contributed by atoms with E-state index in [1.54, 1.807) is 13.8 Å². The lowest BCUT2D eigenvalue weighted by atomic mass is 9.96. The molecule has 4 radical (unpaired) electrons. The van der Waals surface area contributed by atoms with Gasteiger partial charge in [0.15, 0.2) is 6.10 Å². The first-order valence-electron chi connectivity index (χ1n) is 16.7.